The lowest BCUT2D eigenvalue weighted by Gasteiger charge is -2.33. The van der Waals surface area contributed by atoms with Crippen LogP contribution < -0.4 is 16.0 Å². The second-order valence-corrected chi connectivity index (χ2v) is 13.0. The Hall–Kier alpha value is -3.91. The summed E-state index contributed by atoms with van der Waals surface area (Å²) < 4.78 is 0. The van der Waals surface area contributed by atoms with Gasteiger partial charge in [0.25, 0.3) is 0 Å². The Balaban J connectivity index is 1.83. The summed E-state index contributed by atoms with van der Waals surface area (Å²) in [5.74, 6) is -5.58. The Morgan fingerprint density at radius 2 is 0.922 bits per heavy atom. The van der Waals surface area contributed by atoms with E-state index in [2.05, 4.69) is 20.9 Å². The third-order valence-electron chi connectivity index (χ3n) is 8.77. The first-order chi connectivity index (χ1) is 24.3. The zero-order valence-electron chi connectivity index (χ0n) is 29.4. The fourth-order valence-electron chi connectivity index (χ4n) is 5.94. The second kappa shape index (κ2) is 24.3. The first kappa shape index (κ1) is 43.3. The van der Waals surface area contributed by atoms with Crippen molar-refractivity contribution in [2.24, 2.45) is 0 Å². The van der Waals surface area contributed by atoms with Crippen molar-refractivity contribution < 1.29 is 54.0 Å². The van der Waals surface area contributed by atoms with Crippen LogP contribution in [0.4, 0.5) is 0 Å². The predicted molar refractivity (Wildman–Crippen MR) is 183 cm³/mol. The SMILES string of the molecule is O=C(O)CN1CCN(CC(=O)O)CCN(CC(=O)NC(CCC(=O)NCCCCC(=O)NCCN2CCCC2)C(=O)O)CCN(CC(=O)O)CC1. The summed E-state index contributed by atoms with van der Waals surface area (Å²) in [6.45, 7) is 4.43. The number of rotatable bonds is 21. The Morgan fingerprint density at radius 1 is 0.490 bits per heavy atom. The Morgan fingerprint density at radius 3 is 1.37 bits per heavy atom. The molecule has 0 spiro atoms. The van der Waals surface area contributed by atoms with E-state index in [1.54, 1.807) is 19.6 Å². The monoisotopic (exact) mass is 728 g/mol. The molecule has 0 aromatic carbocycles. The lowest BCUT2D eigenvalue weighted by Crippen LogP contribution is -2.51. The fraction of sp³-hybridized carbons (Fsp3) is 0.781. The maximum atomic E-state index is 13.0. The van der Waals surface area contributed by atoms with E-state index in [1.807, 2.05) is 0 Å². The molecule has 2 aliphatic heterocycles. The molecule has 0 aromatic heterocycles. The van der Waals surface area contributed by atoms with E-state index in [4.69, 9.17) is 0 Å². The van der Waals surface area contributed by atoms with Gasteiger partial charge < -0.3 is 41.3 Å². The van der Waals surface area contributed by atoms with Gasteiger partial charge >= 0.3 is 23.9 Å². The first-order valence-electron chi connectivity index (χ1n) is 17.6. The van der Waals surface area contributed by atoms with Crippen molar-refractivity contribution in [3.05, 3.63) is 0 Å². The number of nitrogens with zero attached hydrogens (tertiary/aromatic N) is 5. The zero-order valence-corrected chi connectivity index (χ0v) is 29.4. The van der Waals surface area contributed by atoms with Crippen molar-refractivity contribution >= 4 is 41.6 Å². The highest BCUT2D eigenvalue weighted by molar-refractivity contribution is 5.85. The largest absolute Gasteiger partial charge is 0.480 e. The summed E-state index contributed by atoms with van der Waals surface area (Å²) in [6.07, 6.45) is 3.60. The van der Waals surface area contributed by atoms with Crippen molar-refractivity contribution in [3.8, 4) is 0 Å². The molecule has 2 heterocycles. The maximum absolute atomic E-state index is 13.0. The summed E-state index contributed by atoms with van der Waals surface area (Å²) in [6, 6.07) is -1.34. The fourth-order valence-corrected chi connectivity index (χ4v) is 5.94. The number of carbonyl (C=O) groups excluding carboxylic acids is 3. The average Bonchev–Trinajstić information content (AvgIpc) is 3.57. The zero-order chi connectivity index (χ0) is 37.6. The summed E-state index contributed by atoms with van der Waals surface area (Å²) >= 11 is 0. The number of carboxylic acids is 4. The van der Waals surface area contributed by atoms with Crippen LogP contribution >= 0.6 is 0 Å². The lowest BCUT2D eigenvalue weighted by molar-refractivity contribution is -0.142. The molecule has 19 heteroatoms. The van der Waals surface area contributed by atoms with Gasteiger partial charge in [0.2, 0.25) is 17.7 Å². The number of nitrogens with one attached hydrogen (secondary N) is 3. The smallest absolute Gasteiger partial charge is 0.326 e. The molecule has 3 amide bonds. The van der Waals surface area contributed by atoms with Crippen LogP contribution in [0, 0.1) is 0 Å². The minimum absolute atomic E-state index is 0.0344. The molecular weight excluding hydrogens is 672 g/mol. The molecule has 7 N–H and O–H groups in total. The van der Waals surface area contributed by atoms with Gasteiger partial charge in [-0.05, 0) is 45.2 Å². The molecule has 2 aliphatic rings. The van der Waals surface area contributed by atoms with E-state index < -0.39 is 35.8 Å². The second-order valence-electron chi connectivity index (χ2n) is 13.0. The number of amides is 3. The van der Waals surface area contributed by atoms with Crippen LogP contribution in [-0.2, 0) is 33.6 Å². The molecule has 51 heavy (non-hydrogen) atoms. The summed E-state index contributed by atoms with van der Waals surface area (Å²) in [5, 5.41) is 45.9. The predicted octanol–water partition coefficient (Wildman–Crippen LogP) is -2.69. The van der Waals surface area contributed by atoms with Crippen LogP contribution in [0.5, 0.6) is 0 Å². The molecule has 0 radical (unpaired) electrons. The molecule has 1 atom stereocenters. The minimum Gasteiger partial charge on any atom is -0.480 e. The van der Waals surface area contributed by atoms with Gasteiger partial charge in [-0.15, -0.1) is 0 Å². The molecule has 2 saturated heterocycles. The highest BCUT2D eigenvalue weighted by atomic mass is 16.4. The maximum Gasteiger partial charge on any atom is 0.326 e. The normalized spacial score (nSPS) is 18.2. The van der Waals surface area contributed by atoms with Gasteiger partial charge in [0, 0.05) is 84.8 Å². The van der Waals surface area contributed by atoms with Gasteiger partial charge in [0.05, 0.1) is 26.2 Å². The van der Waals surface area contributed by atoms with Crippen molar-refractivity contribution in [1.29, 1.82) is 0 Å². The van der Waals surface area contributed by atoms with E-state index >= 15 is 0 Å². The number of hydrogen-bond acceptors (Lipinski definition) is 12. The van der Waals surface area contributed by atoms with E-state index in [0.717, 1.165) is 19.6 Å². The van der Waals surface area contributed by atoms with E-state index in [0.29, 0.717) is 32.4 Å². The molecule has 19 nitrogen and oxygen atoms in total. The van der Waals surface area contributed by atoms with Crippen LogP contribution in [0.25, 0.3) is 0 Å². The van der Waals surface area contributed by atoms with Crippen LogP contribution in [-0.4, -0.2) is 204 Å². The van der Waals surface area contributed by atoms with Gasteiger partial charge in [-0.1, -0.05) is 0 Å². The third-order valence-corrected chi connectivity index (χ3v) is 8.77. The molecule has 0 aromatic rings. The molecule has 2 fully saturated rings. The van der Waals surface area contributed by atoms with Gasteiger partial charge in [-0.3, -0.25) is 48.4 Å². The van der Waals surface area contributed by atoms with Crippen molar-refractivity contribution in [2.45, 2.75) is 51.0 Å². The van der Waals surface area contributed by atoms with Crippen molar-refractivity contribution in [3.63, 3.8) is 0 Å². The van der Waals surface area contributed by atoms with Crippen LogP contribution in [0.3, 0.4) is 0 Å². The van der Waals surface area contributed by atoms with Crippen molar-refractivity contribution in [2.75, 3.05) is 111 Å². The lowest BCUT2D eigenvalue weighted by atomic mass is 10.1. The van der Waals surface area contributed by atoms with Crippen LogP contribution in [0.1, 0.15) is 44.9 Å². The van der Waals surface area contributed by atoms with Gasteiger partial charge in [0.15, 0.2) is 0 Å². The van der Waals surface area contributed by atoms with Crippen molar-refractivity contribution in [1.82, 2.24) is 40.4 Å². The topological polar surface area (TPSA) is 253 Å². The Labute approximate surface area is 298 Å². The molecule has 0 aliphatic carbocycles. The first-order valence-corrected chi connectivity index (χ1v) is 17.6. The number of unbranched alkanes of at least 4 members (excludes halogenated alkanes) is 1. The molecule has 2 rings (SSSR count). The summed E-state index contributed by atoms with van der Waals surface area (Å²) in [4.78, 5) is 92.5. The number of aliphatic carboxylic acids is 4. The molecule has 290 valence electrons. The quantitative estimate of drug-likeness (QED) is 0.0594. The number of hydrogen-bond donors (Lipinski definition) is 7. The minimum atomic E-state index is -1.34. The molecular formula is C32H56N8O11. The highest BCUT2D eigenvalue weighted by Crippen LogP contribution is 2.06. The average molecular weight is 729 g/mol. The Bertz CT molecular complexity index is 1120. The van der Waals surface area contributed by atoms with Gasteiger partial charge in [-0.25, -0.2) is 4.79 Å². The third kappa shape index (κ3) is 20.5. The highest BCUT2D eigenvalue weighted by Gasteiger charge is 2.24. The summed E-state index contributed by atoms with van der Waals surface area (Å²) in [5.41, 5.74) is 0. The number of carboxylic acid groups (broad SMARTS) is 4. The van der Waals surface area contributed by atoms with Crippen LogP contribution in [0.15, 0.2) is 0 Å². The van der Waals surface area contributed by atoms with Gasteiger partial charge in [-0.2, -0.15) is 0 Å². The number of likely N-dealkylation sites (tertiary alicyclic amines) is 1. The summed E-state index contributed by atoms with van der Waals surface area (Å²) in [7, 11) is 0. The molecule has 0 bridgehead atoms. The Kier molecular flexibility index (Phi) is 20.6. The van der Waals surface area contributed by atoms with E-state index in [1.165, 1.54) is 12.8 Å². The van der Waals surface area contributed by atoms with E-state index in [-0.39, 0.29) is 103 Å². The van der Waals surface area contributed by atoms with Gasteiger partial charge in [0.1, 0.15) is 6.04 Å². The number of carbonyl (C=O) groups is 7. The molecule has 0 saturated carbocycles. The van der Waals surface area contributed by atoms with E-state index in [9.17, 15) is 54.0 Å². The van der Waals surface area contributed by atoms with Crippen LogP contribution in [0.2, 0.25) is 0 Å². The molecule has 1 unspecified atom stereocenters. The standard InChI is InChI=1S/C32H56N8O11/c41-26(34-9-12-36-10-3-4-11-36)5-1-2-8-33-27(42)7-6-25(32(50)51)35-28(43)21-37-13-15-38(22-29(44)45)17-19-40(24-31(48)49)20-18-39(16-14-37)23-30(46)47/h25H,1-24H2,(H,33,42)(H,34,41)(H,35,43)(H,44,45)(H,46,47)(H,48,49)(H,50,51).